The minimum atomic E-state index is -0.207. The van der Waals surface area contributed by atoms with E-state index in [1.54, 1.807) is 0 Å². The Morgan fingerprint density at radius 3 is 2.44 bits per heavy atom. The van der Waals surface area contributed by atoms with E-state index in [4.69, 9.17) is 10.5 Å². The van der Waals surface area contributed by atoms with Gasteiger partial charge in [0.05, 0.1) is 13.2 Å². The Labute approximate surface area is 95.0 Å². The number of ether oxygens (including phenoxy) is 1. The molecule has 4 heteroatoms. The van der Waals surface area contributed by atoms with Crippen molar-refractivity contribution in [1.82, 2.24) is 4.90 Å². The molecule has 1 aromatic rings. The lowest BCUT2D eigenvalue weighted by Gasteiger charge is -2.34. The van der Waals surface area contributed by atoms with Gasteiger partial charge in [0, 0.05) is 25.7 Å². The lowest BCUT2D eigenvalue weighted by atomic mass is 10.0. The summed E-state index contributed by atoms with van der Waals surface area (Å²) < 4.78 is 18.1. The third-order valence-electron chi connectivity index (χ3n) is 2.96. The highest BCUT2D eigenvalue weighted by Gasteiger charge is 2.20. The van der Waals surface area contributed by atoms with Crippen molar-refractivity contribution in [2.75, 3.05) is 32.8 Å². The van der Waals surface area contributed by atoms with Crippen LogP contribution in [0.4, 0.5) is 4.39 Å². The molecule has 88 valence electrons. The van der Waals surface area contributed by atoms with Crippen LogP contribution in [-0.2, 0) is 4.74 Å². The van der Waals surface area contributed by atoms with Gasteiger partial charge in [-0.1, -0.05) is 12.1 Å². The zero-order valence-electron chi connectivity index (χ0n) is 9.23. The van der Waals surface area contributed by atoms with Gasteiger partial charge in [-0.05, 0) is 17.7 Å². The largest absolute Gasteiger partial charge is 0.379 e. The van der Waals surface area contributed by atoms with Crippen LogP contribution in [-0.4, -0.2) is 37.7 Å². The van der Waals surface area contributed by atoms with E-state index in [2.05, 4.69) is 4.90 Å². The van der Waals surface area contributed by atoms with Gasteiger partial charge in [0.1, 0.15) is 5.82 Å². The molecule has 0 aliphatic carbocycles. The van der Waals surface area contributed by atoms with Gasteiger partial charge in [-0.3, -0.25) is 4.90 Å². The van der Waals surface area contributed by atoms with E-state index in [-0.39, 0.29) is 11.9 Å². The monoisotopic (exact) mass is 224 g/mol. The van der Waals surface area contributed by atoms with Gasteiger partial charge in [0.15, 0.2) is 0 Å². The molecule has 0 spiro atoms. The van der Waals surface area contributed by atoms with Crippen molar-refractivity contribution in [3.8, 4) is 0 Å². The SMILES string of the molecule is NC[C@@H](c1ccc(F)cc1)N1CCOCC1. The molecule has 16 heavy (non-hydrogen) atoms. The summed E-state index contributed by atoms with van der Waals surface area (Å²) in [5.41, 5.74) is 6.87. The van der Waals surface area contributed by atoms with Crippen LogP contribution in [0.2, 0.25) is 0 Å². The third kappa shape index (κ3) is 2.58. The molecule has 1 aliphatic rings. The molecule has 0 radical (unpaired) electrons. The van der Waals surface area contributed by atoms with Crippen LogP contribution in [0.25, 0.3) is 0 Å². The van der Waals surface area contributed by atoms with Crippen LogP contribution in [0.5, 0.6) is 0 Å². The fraction of sp³-hybridized carbons (Fsp3) is 0.500. The molecule has 2 rings (SSSR count). The molecular formula is C12H17FN2O. The predicted octanol–water partition coefficient (Wildman–Crippen LogP) is 1.16. The number of halogens is 1. The minimum Gasteiger partial charge on any atom is -0.379 e. The topological polar surface area (TPSA) is 38.5 Å². The Hall–Kier alpha value is -0.970. The molecule has 2 N–H and O–H groups in total. The molecule has 1 aromatic carbocycles. The summed E-state index contributed by atoms with van der Waals surface area (Å²) in [5, 5.41) is 0. The maximum atomic E-state index is 12.8. The first kappa shape index (κ1) is 11.5. The second kappa shape index (κ2) is 5.39. The number of nitrogens with two attached hydrogens (primary N) is 1. The van der Waals surface area contributed by atoms with Gasteiger partial charge in [-0.2, -0.15) is 0 Å². The van der Waals surface area contributed by atoms with Crippen LogP contribution < -0.4 is 5.73 Å². The van der Waals surface area contributed by atoms with Crippen molar-refractivity contribution in [1.29, 1.82) is 0 Å². The molecule has 0 amide bonds. The summed E-state index contributed by atoms with van der Waals surface area (Å²) in [7, 11) is 0. The molecule has 0 bridgehead atoms. The van der Waals surface area contributed by atoms with E-state index in [0.29, 0.717) is 6.54 Å². The highest BCUT2D eigenvalue weighted by Crippen LogP contribution is 2.20. The average molecular weight is 224 g/mol. The van der Waals surface area contributed by atoms with E-state index >= 15 is 0 Å². The van der Waals surface area contributed by atoms with E-state index in [1.807, 2.05) is 12.1 Å². The van der Waals surface area contributed by atoms with Crippen LogP contribution in [0.15, 0.2) is 24.3 Å². The molecule has 0 aromatic heterocycles. The second-order valence-electron chi connectivity index (χ2n) is 3.95. The zero-order chi connectivity index (χ0) is 11.4. The van der Waals surface area contributed by atoms with Crippen molar-refractivity contribution in [2.45, 2.75) is 6.04 Å². The molecule has 3 nitrogen and oxygen atoms in total. The normalized spacial score (nSPS) is 19.6. The first-order valence-electron chi connectivity index (χ1n) is 5.58. The Morgan fingerprint density at radius 1 is 1.25 bits per heavy atom. The highest BCUT2D eigenvalue weighted by molar-refractivity contribution is 5.20. The van der Waals surface area contributed by atoms with Gasteiger partial charge >= 0.3 is 0 Å². The van der Waals surface area contributed by atoms with E-state index in [1.165, 1.54) is 12.1 Å². The maximum absolute atomic E-state index is 12.8. The number of hydrogen-bond donors (Lipinski definition) is 1. The summed E-state index contributed by atoms with van der Waals surface area (Å²) >= 11 is 0. The Kier molecular flexibility index (Phi) is 3.88. The molecule has 1 aliphatic heterocycles. The Morgan fingerprint density at radius 2 is 1.88 bits per heavy atom. The highest BCUT2D eigenvalue weighted by atomic mass is 19.1. The van der Waals surface area contributed by atoms with Crippen molar-refractivity contribution in [3.63, 3.8) is 0 Å². The predicted molar refractivity (Wildman–Crippen MR) is 60.6 cm³/mol. The summed E-state index contributed by atoms with van der Waals surface area (Å²) in [6.07, 6.45) is 0. The molecule has 1 heterocycles. The lowest BCUT2D eigenvalue weighted by molar-refractivity contribution is 0.0179. The fourth-order valence-electron chi connectivity index (χ4n) is 2.07. The van der Waals surface area contributed by atoms with E-state index < -0.39 is 0 Å². The van der Waals surface area contributed by atoms with Gasteiger partial charge in [-0.15, -0.1) is 0 Å². The van der Waals surface area contributed by atoms with Crippen molar-refractivity contribution >= 4 is 0 Å². The number of hydrogen-bond acceptors (Lipinski definition) is 3. The molecule has 1 fully saturated rings. The van der Waals surface area contributed by atoms with Gasteiger partial charge in [-0.25, -0.2) is 4.39 Å². The molecule has 0 unspecified atom stereocenters. The van der Waals surface area contributed by atoms with Gasteiger partial charge in [0.25, 0.3) is 0 Å². The molecular weight excluding hydrogens is 207 g/mol. The summed E-state index contributed by atoms with van der Waals surface area (Å²) in [4.78, 5) is 2.29. The van der Waals surface area contributed by atoms with Crippen LogP contribution >= 0.6 is 0 Å². The second-order valence-corrected chi connectivity index (χ2v) is 3.95. The van der Waals surface area contributed by atoms with Crippen LogP contribution in [0, 0.1) is 5.82 Å². The number of benzene rings is 1. The lowest BCUT2D eigenvalue weighted by Crippen LogP contribution is -2.41. The standard InChI is InChI=1S/C12H17FN2O/c13-11-3-1-10(2-4-11)12(9-14)15-5-7-16-8-6-15/h1-4,12H,5-9,14H2/t12-/m0/s1. The number of rotatable bonds is 3. The molecule has 0 saturated carbocycles. The van der Waals surface area contributed by atoms with Gasteiger partial charge in [0.2, 0.25) is 0 Å². The maximum Gasteiger partial charge on any atom is 0.123 e. The third-order valence-corrected chi connectivity index (χ3v) is 2.96. The van der Waals surface area contributed by atoms with Crippen LogP contribution in [0.3, 0.4) is 0 Å². The van der Waals surface area contributed by atoms with Gasteiger partial charge < -0.3 is 10.5 Å². The summed E-state index contributed by atoms with van der Waals surface area (Å²) in [6, 6.07) is 6.76. The summed E-state index contributed by atoms with van der Waals surface area (Å²) in [6.45, 7) is 3.82. The summed E-state index contributed by atoms with van der Waals surface area (Å²) in [5.74, 6) is -0.207. The fourth-order valence-corrected chi connectivity index (χ4v) is 2.07. The minimum absolute atomic E-state index is 0.171. The quantitative estimate of drug-likeness (QED) is 0.837. The Bertz CT molecular complexity index is 322. The smallest absolute Gasteiger partial charge is 0.123 e. The first-order valence-corrected chi connectivity index (χ1v) is 5.58. The number of nitrogens with zero attached hydrogens (tertiary/aromatic N) is 1. The van der Waals surface area contributed by atoms with Crippen molar-refractivity contribution in [3.05, 3.63) is 35.6 Å². The zero-order valence-corrected chi connectivity index (χ0v) is 9.23. The number of morpholine rings is 1. The Balaban J connectivity index is 2.11. The molecule has 1 atom stereocenters. The first-order chi connectivity index (χ1) is 7.81. The van der Waals surface area contributed by atoms with E-state index in [0.717, 1.165) is 31.9 Å². The van der Waals surface area contributed by atoms with Crippen molar-refractivity contribution in [2.24, 2.45) is 5.73 Å². The average Bonchev–Trinajstić information content (AvgIpc) is 2.34. The molecule has 1 saturated heterocycles. The van der Waals surface area contributed by atoms with Crippen molar-refractivity contribution < 1.29 is 9.13 Å². The van der Waals surface area contributed by atoms with E-state index in [9.17, 15) is 4.39 Å². The van der Waals surface area contributed by atoms with Crippen LogP contribution in [0.1, 0.15) is 11.6 Å².